The molecule has 2 aliphatic heterocycles. The van der Waals surface area contributed by atoms with Gasteiger partial charge in [0.1, 0.15) is 12.4 Å². The van der Waals surface area contributed by atoms with E-state index >= 15 is 0 Å². The molecule has 0 saturated heterocycles. The predicted molar refractivity (Wildman–Crippen MR) is 133 cm³/mol. The van der Waals surface area contributed by atoms with Gasteiger partial charge in [0.2, 0.25) is 0 Å². The smallest absolute Gasteiger partial charge is 0.261 e. The van der Waals surface area contributed by atoms with Gasteiger partial charge in [-0.15, -0.1) is 10.2 Å². The molecule has 0 fully saturated rings. The number of aromatic nitrogens is 3. The van der Waals surface area contributed by atoms with E-state index in [1.165, 1.54) is 4.90 Å². The van der Waals surface area contributed by atoms with Crippen LogP contribution in [0.4, 0.5) is 0 Å². The molecule has 9 heteroatoms. The summed E-state index contributed by atoms with van der Waals surface area (Å²) in [5.41, 5.74) is 4.12. The van der Waals surface area contributed by atoms with E-state index in [2.05, 4.69) is 10.2 Å². The van der Waals surface area contributed by atoms with Gasteiger partial charge >= 0.3 is 0 Å². The van der Waals surface area contributed by atoms with E-state index in [4.69, 9.17) is 28.2 Å². The molecule has 0 saturated carbocycles. The molecule has 0 radical (unpaired) electrons. The Bertz CT molecular complexity index is 1520. The summed E-state index contributed by atoms with van der Waals surface area (Å²) in [5, 5.41) is 9.92. The second kappa shape index (κ2) is 8.45. The summed E-state index contributed by atoms with van der Waals surface area (Å²) in [6.07, 6.45) is 0.340. The minimum absolute atomic E-state index is 0.190. The molecule has 0 spiro atoms. The Hall–Kier alpha value is -3.81. The SMILES string of the molecule is O=C1c2ccccc2C(=O)N1CCc1nnc2n1-c1ccc(Cl)cc1C(c1cccc(Cl)c1)=NC2. The molecule has 6 rings (SSSR count). The topological polar surface area (TPSA) is 80.5 Å². The number of hydrogen-bond donors (Lipinski definition) is 0. The number of carbonyl (C=O) groups is 2. The van der Waals surface area contributed by atoms with Crippen LogP contribution in [0, 0.1) is 0 Å². The average Bonchev–Trinajstić information content (AvgIpc) is 3.31. The zero-order valence-corrected chi connectivity index (χ0v) is 19.8. The number of carbonyl (C=O) groups excluding carboxylic acids is 2. The zero-order chi connectivity index (χ0) is 24.1. The molecule has 0 unspecified atom stereocenters. The lowest BCUT2D eigenvalue weighted by Crippen LogP contribution is -2.32. The lowest BCUT2D eigenvalue weighted by Gasteiger charge is -2.16. The molecule has 0 N–H and O–H groups in total. The second-order valence-corrected chi connectivity index (χ2v) is 9.13. The van der Waals surface area contributed by atoms with Crippen LogP contribution in [0.1, 0.15) is 43.5 Å². The van der Waals surface area contributed by atoms with Crippen molar-refractivity contribution in [1.82, 2.24) is 19.7 Å². The van der Waals surface area contributed by atoms with Crippen molar-refractivity contribution in [1.29, 1.82) is 0 Å². The van der Waals surface area contributed by atoms with Crippen molar-refractivity contribution in [3.63, 3.8) is 0 Å². The third kappa shape index (κ3) is 3.64. The van der Waals surface area contributed by atoms with Crippen LogP contribution in [0.3, 0.4) is 0 Å². The summed E-state index contributed by atoms with van der Waals surface area (Å²) < 4.78 is 1.94. The molecule has 0 aliphatic carbocycles. The standard InChI is InChI=1S/C26H17Cl2N5O2/c27-16-5-3-4-15(12-16)24-20-13-17(28)8-9-21(20)33-22(30-31-23(33)14-29-24)10-11-32-25(34)18-6-1-2-7-19(18)26(32)35/h1-9,12-13H,10-11,14H2. The van der Waals surface area contributed by atoms with Crippen LogP contribution in [-0.4, -0.2) is 43.7 Å². The molecule has 3 heterocycles. The van der Waals surface area contributed by atoms with Crippen molar-refractivity contribution in [3.8, 4) is 5.69 Å². The summed E-state index contributed by atoms with van der Waals surface area (Å²) in [4.78, 5) is 31.7. The van der Waals surface area contributed by atoms with Crippen LogP contribution >= 0.6 is 23.2 Å². The lowest BCUT2D eigenvalue weighted by molar-refractivity contribution is 0.0655. The quantitative estimate of drug-likeness (QED) is 0.377. The van der Waals surface area contributed by atoms with E-state index in [0.29, 0.717) is 45.8 Å². The molecular formula is C26H17Cl2N5O2. The first kappa shape index (κ1) is 21.7. The van der Waals surface area contributed by atoms with Crippen LogP contribution in [-0.2, 0) is 13.0 Å². The summed E-state index contributed by atoms with van der Waals surface area (Å²) in [5.74, 6) is 0.700. The van der Waals surface area contributed by atoms with Gasteiger partial charge in [-0.3, -0.25) is 24.0 Å². The molecule has 2 amide bonds. The molecule has 4 aromatic rings. The highest BCUT2D eigenvalue weighted by atomic mass is 35.5. The number of nitrogens with zero attached hydrogens (tertiary/aromatic N) is 5. The zero-order valence-electron chi connectivity index (χ0n) is 18.3. The number of rotatable bonds is 4. The van der Waals surface area contributed by atoms with E-state index in [-0.39, 0.29) is 18.4 Å². The number of fused-ring (bicyclic) bond motifs is 4. The Morgan fingerprint density at radius 3 is 2.29 bits per heavy atom. The van der Waals surface area contributed by atoms with Crippen molar-refractivity contribution in [3.05, 3.63) is 111 Å². The maximum Gasteiger partial charge on any atom is 0.261 e. The van der Waals surface area contributed by atoms with Crippen molar-refractivity contribution in [2.75, 3.05) is 6.54 Å². The van der Waals surface area contributed by atoms with Gasteiger partial charge in [-0.25, -0.2) is 0 Å². The third-order valence-corrected chi connectivity index (χ3v) is 6.64. The Labute approximate surface area is 210 Å². The van der Waals surface area contributed by atoms with Crippen LogP contribution in [0.25, 0.3) is 5.69 Å². The molecular weight excluding hydrogens is 485 g/mol. The molecule has 0 atom stereocenters. The fourth-order valence-corrected chi connectivity index (χ4v) is 4.92. The second-order valence-electron chi connectivity index (χ2n) is 8.26. The van der Waals surface area contributed by atoms with Gasteiger partial charge in [0.25, 0.3) is 11.8 Å². The summed E-state index contributed by atoms with van der Waals surface area (Å²) >= 11 is 12.6. The van der Waals surface area contributed by atoms with Crippen molar-refractivity contribution in [2.24, 2.45) is 4.99 Å². The van der Waals surface area contributed by atoms with Crippen molar-refractivity contribution < 1.29 is 9.59 Å². The molecule has 172 valence electrons. The van der Waals surface area contributed by atoms with E-state index in [1.807, 2.05) is 41.0 Å². The first-order valence-corrected chi connectivity index (χ1v) is 11.8. The van der Waals surface area contributed by atoms with Crippen LogP contribution in [0.5, 0.6) is 0 Å². The Morgan fingerprint density at radius 2 is 1.54 bits per heavy atom. The maximum absolute atomic E-state index is 12.8. The first-order chi connectivity index (χ1) is 17.0. The largest absolute Gasteiger partial charge is 0.281 e. The minimum atomic E-state index is -0.292. The minimum Gasteiger partial charge on any atom is -0.281 e. The van der Waals surface area contributed by atoms with Gasteiger partial charge in [0, 0.05) is 34.1 Å². The van der Waals surface area contributed by atoms with Crippen molar-refractivity contribution >= 4 is 40.7 Å². The highest BCUT2D eigenvalue weighted by Gasteiger charge is 2.35. The highest BCUT2D eigenvalue weighted by Crippen LogP contribution is 2.29. The van der Waals surface area contributed by atoms with Gasteiger partial charge in [-0.1, -0.05) is 47.5 Å². The number of halogens is 2. The Balaban J connectivity index is 1.36. The van der Waals surface area contributed by atoms with Crippen molar-refractivity contribution in [2.45, 2.75) is 13.0 Å². The summed E-state index contributed by atoms with van der Waals surface area (Å²) in [7, 11) is 0. The number of amides is 2. The monoisotopic (exact) mass is 501 g/mol. The van der Waals surface area contributed by atoms with Gasteiger partial charge < -0.3 is 0 Å². The molecule has 0 bridgehead atoms. The molecule has 3 aromatic carbocycles. The van der Waals surface area contributed by atoms with Gasteiger partial charge in [0.05, 0.1) is 22.5 Å². The van der Waals surface area contributed by atoms with E-state index in [9.17, 15) is 9.59 Å². The molecule has 35 heavy (non-hydrogen) atoms. The van der Waals surface area contributed by atoms with Gasteiger partial charge in [-0.05, 0) is 42.5 Å². The normalized spacial score (nSPS) is 14.3. The number of benzene rings is 3. The van der Waals surface area contributed by atoms with Crippen LogP contribution < -0.4 is 0 Å². The third-order valence-electron chi connectivity index (χ3n) is 6.17. The molecule has 2 aliphatic rings. The van der Waals surface area contributed by atoms with Gasteiger partial charge in [-0.2, -0.15) is 0 Å². The van der Waals surface area contributed by atoms with Crippen LogP contribution in [0.15, 0.2) is 71.7 Å². The summed E-state index contributed by atoms with van der Waals surface area (Å²) in [6, 6.07) is 19.9. The van der Waals surface area contributed by atoms with E-state index < -0.39 is 0 Å². The molecule has 7 nitrogen and oxygen atoms in total. The maximum atomic E-state index is 12.8. The summed E-state index contributed by atoms with van der Waals surface area (Å²) in [6.45, 7) is 0.490. The van der Waals surface area contributed by atoms with Gasteiger partial charge in [0.15, 0.2) is 5.82 Å². The predicted octanol–water partition coefficient (Wildman–Crippen LogP) is 4.76. The molecule has 1 aromatic heterocycles. The van der Waals surface area contributed by atoms with E-state index in [1.54, 1.807) is 30.3 Å². The average molecular weight is 502 g/mol. The number of imide groups is 1. The number of aliphatic imine (C=N–C) groups is 1. The lowest BCUT2D eigenvalue weighted by atomic mass is 10.0. The van der Waals surface area contributed by atoms with Crippen LogP contribution in [0.2, 0.25) is 10.0 Å². The fourth-order valence-electron chi connectivity index (χ4n) is 4.56. The highest BCUT2D eigenvalue weighted by molar-refractivity contribution is 6.32. The first-order valence-electron chi connectivity index (χ1n) is 11.0. The Kier molecular flexibility index (Phi) is 5.24. The van der Waals surface area contributed by atoms with E-state index in [0.717, 1.165) is 22.5 Å². The Morgan fingerprint density at radius 1 is 0.800 bits per heavy atom. The number of hydrogen-bond acceptors (Lipinski definition) is 5. The fraction of sp³-hybridized carbons (Fsp3) is 0.115.